The van der Waals surface area contributed by atoms with Crippen LogP contribution in [0, 0.1) is 6.92 Å². The number of nitrogens with zero attached hydrogens (tertiary/aromatic N) is 2. The molecule has 1 N–H and O–H groups in total. The first-order valence-corrected chi connectivity index (χ1v) is 14.8. The summed E-state index contributed by atoms with van der Waals surface area (Å²) in [5.74, 6) is 0.0920. The SMILES string of the molecule is CCC(C(=O)NC1CCCC1)N(Cc1cccc(C)c1)C(=O)CN(c1ccc(OC)c(OC)c1)S(C)(=O)=O. The summed E-state index contributed by atoms with van der Waals surface area (Å²) in [5.41, 5.74) is 2.15. The topological polar surface area (TPSA) is 105 Å². The molecule has 2 amide bonds. The number of amides is 2. The molecule has 0 spiro atoms. The molecule has 9 nitrogen and oxygen atoms in total. The maximum atomic E-state index is 13.9. The first-order chi connectivity index (χ1) is 18.1. The predicted octanol–water partition coefficient (Wildman–Crippen LogP) is 3.64. The third-order valence-electron chi connectivity index (χ3n) is 6.86. The van der Waals surface area contributed by atoms with Gasteiger partial charge in [-0.05, 0) is 43.9 Å². The third-order valence-corrected chi connectivity index (χ3v) is 8.00. The van der Waals surface area contributed by atoms with Gasteiger partial charge < -0.3 is 19.7 Å². The fourth-order valence-corrected chi connectivity index (χ4v) is 5.73. The van der Waals surface area contributed by atoms with Crippen LogP contribution in [0.25, 0.3) is 0 Å². The van der Waals surface area contributed by atoms with Crippen LogP contribution >= 0.6 is 0 Å². The van der Waals surface area contributed by atoms with Crippen molar-refractivity contribution in [2.75, 3.05) is 31.3 Å². The molecule has 208 valence electrons. The molecule has 3 rings (SSSR count). The summed E-state index contributed by atoms with van der Waals surface area (Å²) in [4.78, 5) is 28.7. The number of hydrogen-bond acceptors (Lipinski definition) is 6. The number of carbonyl (C=O) groups is 2. The number of hydrogen-bond donors (Lipinski definition) is 1. The molecule has 0 bridgehead atoms. The summed E-state index contributed by atoms with van der Waals surface area (Å²) in [6.45, 7) is 3.54. The van der Waals surface area contributed by atoms with Crippen LogP contribution in [0.3, 0.4) is 0 Å². The van der Waals surface area contributed by atoms with Gasteiger partial charge in [-0.1, -0.05) is 49.6 Å². The van der Waals surface area contributed by atoms with Gasteiger partial charge in [0.25, 0.3) is 0 Å². The van der Waals surface area contributed by atoms with Gasteiger partial charge in [-0.2, -0.15) is 0 Å². The first kappa shape index (κ1) is 29.3. The molecule has 0 saturated heterocycles. The predicted molar refractivity (Wildman–Crippen MR) is 148 cm³/mol. The van der Waals surface area contributed by atoms with E-state index in [0.717, 1.165) is 47.4 Å². The average molecular weight is 546 g/mol. The maximum absolute atomic E-state index is 13.9. The number of anilines is 1. The van der Waals surface area contributed by atoms with E-state index in [1.165, 1.54) is 25.2 Å². The molecule has 1 atom stereocenters. The van der Waals surface area contributed by atoms with Gasteiger partial charge in [-0.3, -0.25) is 13.9 Å². The van der Waals surface area contributed by atoms with Crippen molar-refractivity contribution < 1.29 is 27.5 Å². The highest BCUT2D eigenvalue weighted by Gasteiger charge is 2.33. The number of methoxy groups -OCH3 is 2. The Morgan fingerprint density at radius 2 is 1.74 bits per heavy atom. The number of nitrogens with one attached hydrogen (secondary N) is 1. The van der Waals surface area contributed by atoms with Crippen LogP contribution in [0.15, 0.2) is 42.5 Å². The average Bonchev–Trinajstić information content (AvgIpc) is 3.39. The highest BCUT2D eigenvalue weighted by atomic mass is 32.2. The highest BCUT2D eigenvalue weighted by molar-refractivity contribution is 7.92. The number of rotatable bonds is 12. The number of benzene rings is 2. The van der Waals surface area contributed by atoms with Gasteiger partial charge in [0.15, 0.2) is 11.5 Å². The molecule has 1 aliphatic rings. The molecule has 1 saturated carbocycles. The van der Waals surface area contributed by atoms with E-state index < -0.39 is 28.5 Å². The minimum atomic E-state index is -3.85. The molecule has 0 heterocycles. The van der Waals surface area contributed by atoms with Gasteiger partial charge in [-0.25, -0.2) is 8.42 Å². The van der Waals surface area contributed by atoms with Crippen molar-refractivity contribution in [3.05, 3.63) is 53.6 Å². The molecular weight excluding hydrogens is 506 g/mol. The van der Waals surface area contributed by atoms with Crippen LogP contribution in [0.1, 0.15) is 50.2 Å². The zero-order valence-electron chi connectivity index (χ0n) is 22.9. The Kier molecular flexibility index (Phi) is 10.0. The Morgan fingerprint density at radius 3 is 2.32 bits per heavy atom. The molecule has 0 aromatic heterocycles. The van der Waals surface area contributed by atoms with Crippen LogP contribution in [0.5, 0.6) is 11.5 Å². The molecule has 10 heteroatoms. The smallest absolute Gasteiger partial charge is 0.244 e. The van der Waals surface area contributed by atoms with Gasteiger partial charge in [0.1, 0.15) is 12.6 Å². The monoisotopic (exact) mass is 545 g/mol. The third kappa shape index (κ3) is 7.40. The van der Waals surface area contributed by atoms with Gasteiger partial charge in [0, 0.05) is 18.7 Å². The fourth-order valence-electron chi connectivity index (χ4n) is 4.89. The van der Waals surface area contributed by atoms with E-state index in [-0.39, 0.29) is 24.2 Å². The van der Waals surface area contributed by atoms with Crippen molar-refractivity contribution in [1.29, 1.82) is 0 Å². The van der Waals surface area contributed by atoms with Crippen LogP contribution in [0.2, 0.25) is 0 Å². The lowest BCUT2D eigenvalue weighted by molar-refractivity contribution is -0.140. The minimum Gasteiger partial charge on any atom is -0.493 e. The van der Waals surface area contributed by atoms with Crippen LogP contribution in [-0.4, -0.2) is 64.2 Å². The van der Waals surface area contributed by atoms with Crippen LogP contribution in [0.4, 0.5) is 5.69 Å². The molecule has 0 radical (unpaired) electrons. The Balaban J connectivity index is 1.95. The first-order valence-electron chi connectivity index (χ1n) is 12.9. The van der Waals surface area contributed by atoms with E-state index in [9.17, 15) is 18.0 Å². The second-order valence-electron chi connectivity index (χ2n) is 9.73. The molecule has 0 aliphatic heterocycles. The normalized spacial score (nSPS) is 14.6. The van der Waals surface area contributed by atoms with E-state index in [4.69, 9.17) is 9.47 Å². The Labute approximate surface area is 226 Å². The fraction of sp³-hybridized carbons (Fsp3) is 0.500. The summed E-state index contributed by atoms with van der Waals surface area (Å²) < 4.78 is 37.3. The van der Waals surface area contributed by atoms with Gasteiger partial charge >= 0.3 is 0 Å². The van der Waals surface area contributed by atoms with Crippen molar-refractivity contribution in [3.8, 4) is 11.5 Å². The second-order valence-corrected chi connectivity index (χ2v) is 11.6. The van der Waals surface area contributed by atoms with E-state index in [0.29, 0.717) is 17.9 Å². The van der Waals surface area contributed by atoms with Gasteiger partial charge in [-0.15, -0.1) is 0 Å². The van der Waals surface area contributed by atoms with Crippen molar-refractivity contribution >= 4 is 27.5 Å². The van der Waals surface area contributed by atoms with Crippen molar-refractivity contribution in [1.82, 2.24) is 10.2 Å². The summed E-state index contributed by atoms with van der Waals surface area (Å²) >= 11 is 0. The van der Waals surface area contributed by atoms with Crippen molar-refractivity contribution in [2.24, 2.45) is 0 Å². The number of ether oxygens (including phenoxy) is 2. The summed E-state index contributed by atoms with van der Waals surface area (Å²) in [7, 11) is -0.913. The van der Waals surface area contributed by atoms with E-state index in [2.05, 4.69) is 5.32 Å². The molecule has 1 unspecified atom stereocenters. The Morgan fingerprint density at radius 1 is 1.05 bits per heavy atom. The number of aryl methyl sites for hydroxylation is 1. The molecule has 1 aliphatic carbocycles. The van der Waals surface area contributed by atoms with Crippen LogP contribution < -0.4 is 19.1 Å². The van der Waals surface area contributed by atoms with E-state index in [1.807, 2.05) is 38.1 Å². The van der Waals surface area contributed by atoms with Crippen molar-refractivity contribution in [3.63, 3.8) is 0 Å². The van der Waals surface area contributed by atoms with E-state index >= 15 is 0 Å². The summed E-state index contributed by atoms with van der Waals surface area (Å²) in [6, 6.07) is 11.8. The highest BCUT2D eigenvalue weighted by Crippen LogP contribution is 2.32. The minimum absolute atomic E-state index is 0.103. The summed E-state index contributed by atoms with van der Waals surface area (Å²) in [5, 5.41) is 3.11. The van der Waals surface area contributed by atoms with E-state index in [1.54, 1.807) is 12.1 Å². The Hall–Kier alpha value is -3.27. The maximum Gasteiger partial charge on any atom is 0.244 e. The van der Waals surface area contributed by atoms with Gasteiger partial charge in [0.05, 0.1) is 26.2 Å². The zero-order chi connectivity index (χ0) is 27.9. The molecule has 38 heavy (non-hydrogen) atoms. The zero-order valence-corrected chi connectivity index (χ0v) is 23.7. The van der Waals surface area contributed by atoms with Gasteiger partial charge in [0.2, 0.25) is 21.8 Å². The molecule has 2 aromatic rings. The summed E-state index contributed by atoms with van der Waals surface area (Å²) in [6.07, 6.45) is 5.44. The lowest BCUT2D eigenvalue weighted by atomic mass is 10.1. The number of sulfonamides is 1. The standard InChI is InChI=1S/C28H39N3O6S/c1-6-24(28(33)29-22-12-7-8-13-22)30(18-21-11-9-10-20(2)16-21)27(32)19-31(38(5,34)35)23-14-15-25(36-3)26(17-23)37-4/h9-11,14-17,22,24H,6-8,12-13,18-19H2,1-5H3,(H,29,33). The number of carbonyl (C=O) groups excluding carboxylic acids is 2. The van der Waals surface area contributed by atoms with Crippen molar-refractivity contribution in [2.45, 2.75) is 64.6 Å². The second kappa shape index (κ2) is 13.0. The molecule has 1 fully saturated rings. The largest absolute Gasteiger partial charge is 0.493 e. The molecular formula is C28H39N3O6S. The van der Waals surface area contributed by atoms with Crippen LogP contribution in [-0.2, 0) is 26.2 Å². The Bertz CT molecular complexity index is 1230. The lowest BCUT2D eigenvalue weighted by Gasteiger charge is -2.33. The molecule has 2 aromatic carbocycles. The lowest BCUT2D eigenvalue weighted by Crippen LogP contribution is -2.53. The quantitative estimate of drug-likeness (QED) is 0.437.